The highest BCUT2D eigenvalue weighted by Gasteiger charge is 2.22. The Bertz CT molecular complexity index is 695. The Morgan fingerprint density at radius 3 is 2.46 bits per heavy atom. The molecular weight excluding hydrogens is 307 g/mol. The fourth-order valence-corrected chi connectivity index (χ4v) is 2.96. The highest BCUT2D eigenvalue weighted by molar-refractivity contribution is 5.94. The van der Waals surface area contributed by atoms with Crippen LogP contribution in [0.1, 0.15) is 15.9 Å². The van der Waals surface area contributed by atoms with Crippen LogP contribution in [0, 0.1) is 5.82 Å². The molecule has 2 aromatic carbocycles. The van der Waals surface area contributed by atoms with E-state index in [2.05, 4.69) is 4.90 Å². The molecular formula is C19H21FN2O2. The highest BCUT2D eigenvalue weighted by Crippen LogP contribution is 2.18. The van der Waals surface area contributed by atoms with Crippen LogP contribution in [0.3, 0.4) is 0 Å². The van der Waals surface area contributed by atoms with Gasteiger partial charge >= 0.3 is 0 Å². The maximum absolute atomic E-state index is 13.0. The van der Waals surface area contributed by atoms with Crippen LogP contribution < -0.4 is 4.90 Å². The molecule has 0 spiro atoms. The smallest absolute Gasteiger partial charge is 0.253 e. The summed E-state index contributed by atoms with van der Waals surface area (Å²) in [6.45, 7) is 3.30. The normalized spacial score (nSPS) is 14.8. The highest BCUT2D eigenvalue weighted by atomic mass is 19.1. The lowest BCUT2D eigenvalue weighted by molar-refractivity contribution is 0.0746. The summed E-state index contributed by atoms with van der Waals surface area (Å²) in [4.78, 5) is 16.7. The molecule has 1 aliphatic heterocycles. The van der Waals surface area contributed by atoms with Gasteiger partial charge in [-0.2, -0.15) is 0 Å². The molecule has 0 bridgehead atoms. The summed E-state index contributed by atoms with van der Waals surface area (Å²) in [5, 5.41) is 0. The van der Waals surface area contributed by atoms with E-state index in [0.717, 1.165) is 24.3 Å². The fraction of sp³-hybridized carbons (Fsp3) is 0.316. The lowest BCUT2D eigenvalue weighted by atomic mass is 10.1. The van der Waals surface area contributed by atoms with Crippen molar-refractivity contribution < 1.29 is 13.9 Å². The van der Waals surface area contributed by atoms with Crippen molar-refractivity contribution in [3.05, 3.63) is 65.5 Å². The van der Waals surface area contributed by atoms with Crippen LogP contribution in [0.25, 0.3) is 0 Å². The van der Waals surface area contributed by atoms with Crippen LogP contribution in [0.15, 0.2) is 48.5 Å². The Morgan fingerprint density at radius 1 is 1.08 bits per heavy atom. The van der Waals surface area contributed by atoms with Gasteiger partial charge in [-0.25, -0.2) is 4.39 Å². The second-order valence-electron chi connectivity index (χ2n) is 5.89. The van der Waals surface area contributed by atoms with E-state index in [0.29, 0.717) is 25.3 Å². The molecule has 1 fully saturated rings. The fourth-order valence-electron chi connectivity index (χ4n) is 2.96. The van der Waals surface area contributed by atoms with Gasteiger partial charge in [0.1, 0.15) is 5.82 Å². The third-order valence-electron chi connectivity index (χ3n) is 4.24. The van der Waals surface area contributed by atoms with Crippen LogP contribution in [0.4, 0.5) is 10.1 Å². The Morgan fingerprint density at radius 2 is 1.79 bits per heavy atom. The van der Waals surface area contributed by atoms with Gasteiger partial charge in [0, 0.05) is 44.5 Å². The Labute approximate surface area is 141 Å². The second kappa shape index (κ2) is 7.45. The van der Waals surface area contributed by atoms with E-state index in [-0.39, 0.29) is 11.7 Å². The number of rotatable bonds is 4. The summed E-state index contributed by atoms with van der Waals surface area (Å²) in [7, 11) is 1.64. The third kappa shape index (κ3) is 3.74. The SMILES string of the molecule is COCc1cccc(C(=O)N2CCN(c3ccc(F)cc3)CC2)c1. The number of nitrogens with zero attached hydrogens (tertiary/aromatic N) is 2. The standard InChI is InChI=1S/C19H21FN2O2/c1-24-14-15-3-2-4-16(13-15)19(23)22-11-9-21(10-12-22)18-7-5-17(20)6-8-18/h2-8,13H,9-12,14H2,1H3. The largest absolute Gasteiger partial charge is 0.380 e. The number of ether oxygens (including phenoxy) is 1. The van der Waals surface area contributed by atoms with Crippen LogP contribution in [-0.2, 0) is 11.3 Å². The van der Waals surface area contributed by atoms with E-state index in [9.17, 15) is 9.18 Å². The molecule has 4 nitrogen and oxygen atoms in total. The minimum atomic E-state index is -0.233. The first-order valence-corrected chi connectivity index (χ1v) is 8.05. The van der Waals surface area contributed by atoms with Crippen molar-refractivity contribution >= 4 is 11.6 Å². The molecule has 0 radical (unpaired) electrons. The van der Waals surface area contributed by atoms with Gasteiger partial charge in [0.25, 0.3) is 5.91 Å². The quantitative estimate of drug-likeness (QED) is 0.865. The molecule has 3 rings (SSSR count). The number of piperazine rings is 1. The zero-order valence-corrected chi connectivity index (χ0v) is 13.7. The second-order valence-corrected chi connectivity index (χ2v) is 5.89. The molecule has 0 atom stereocenters. The van der Waals surface area contributed by atoms with E-state index in [1.165, 1.54) is 12.1 Å². The summed E-state index contributed by atoms with van der Waals surface area (Å²) in [6, 6.07) is 14.1. The predicted molar refractivity (Wildman–Crippen MR) is 91.7 cm³/mol. The van der Waals surface area contributed by atoms with Crippen molar-refractivity contribution in [2.45, 2.75) is 6.61 Å². The zero-order chi connectivity index (χ0) is 16.9. The minimum absolute atomic E-state index is 0.0479. The third-order valence-corrected chi connectivity index (χ3v) is 4.24. The van der Waals surface area contributed by atoms with Gasteiger partial charge < -0.3 is 14.5 Å². The molecule has 24 heavy (non-hydrogen) atoms. The minimum Gasteiger partial charge on any atom is -0.380 e. The summed E-state index contributed by atoms with van der Waals surface area (Å²) in [6.07, 6.45) is 0. The summed E-state index contributed by atoms with van der Waals surface area (Å²) >= 11 is 0. The van der Waals surface area contributed by atoms with Crippen molar-refractivity contribution in [1.29, 1.82) is 0 Å². The maximum Gasteiger partial charge on any atom is 0.253 e. The molecule has 1 aliphatic rings. The molecule has 0 saturated carbocycles. The maximum atomic E-state index is 13.0. The Balaban J connectivity index is 1.62. The van der Waals surface area contributed by atoms with Gasteiger partial charge in [-0.1, -0.05) is 12.1 Å². The number of carbonyl (C=O) groups excluding carboxylic acids is 1. The Kier molecular flexibility index (Phi) is 5.11. The van der Waals surface area contributed by atoms with Crippen LogP contribution in [0.2, 0.25) is 0 Å². The van der Waals surface area contributed by atoms with Crippen molar-refractivity contribution in [2.75, 3.05) is 38.2 Å². The van der Waals surface area contributed by atoms with Gasteiger partial charge in [0.15, 0.2) is 0 Å². The molecule has 0 aliphatic carbocycles. The molecule has 0 N–H and O–H groups in total. The number of halogens is 1. The number of anilines is 1. The van der Waals surface area contributed by atoms with Gasteiger partial charge in [0.2, 0.25) is 0 Å². The number of hydrogen-bond acceptors (Lipinski definition) is 3. The number of carbonyl (C=O) groups is 1. The van der Waals surface area contributed by atoms with Crippen molar-refractivity contribution in [3.63, 3.8) is 0 Å². The van der Waals surface area contributed by atoms with Crippen LogP contribution in [0.5, 0.6) is 0 Å². The number of benzene rings is 2. The van der Waals surface area contributed by atoms with Crippen LogP contribution in [-0.4, -0.2) is 44.1 Å². The molecule has 1 heterocycles. The average Bonchev–Trinajstić information content (AvgIpc) is 2.62. The van der Waals surface area contributed by atoms with E-state index < -0.39 is 0 Å². The van der Waals surface area contributed by atoms with Gasteiger partial charge in [0.05, 0.1) is 6.61 Å². The Hall–Kier alpha value is -2.40. The van der Waals surface area contributed by atoms with E-state index >= 15 is 0 Å². The van der Waals surface area contributed by atoms with E-state index in [1.54, 1.807) is 19.2 Å². The predicted octanol–water partition coefficient (Wildman–Crippen LogP) is 2.93. The lowest BCUT2D eigenvalue weighted by Gasteiger charge is -2.36. The molecule has 1 amide bonds. The van der Waals surface area contributed by atoms with Gasteiger partial charge in [-0.05, 0) is 42.0 Å². The molecule has 0 unspecified atom stereocenters. The first-order chi connectivity index (χ1) is 11.7. The molecule has 1 saturated heterocycles. The number of hydrogen-bond donors (Lipinski definition) is 0. The van der Waals surface area contributed by atoms with Crippen molar-refractivity contribution in [3.8, 4) is 0 Å². The van der Waals surface area contributed by atoms with Crippen molar-refractivity contribution in [1.82, 2.24) is 4.90 Å². The van der Waals surface area contributed by atoms with Gasteiger partial charge in [-0.3, -0.25) is 4.79 Å². The summed E-state index contributed by atoms with van der Waals surface area (Å²) in [5.41, 5.74) is 2.68. The topological polar surface area (TPSA) is 32.8 Å². The van der Waals surface area contributed by atoms with E-state index in [4.69, 9.17) is 4.74 Å². The van der Waals surface area contributed by atoms with Crippen LogP contribution >= 0.6 is 0 Å². The average molecular weight is 328 g/mol. The molecule has 5 heteroatoms. The lowest BCUT2D eigenvalue weighted by Crippen LogP contribution is -2.48. The van der Waals surface area contributed by atoms with Crippen molar-refractivity contribution in [2.24, 2.45) is 0 Å². The van der Waals surface area contributed by atoms with E-state index in [1.807, 2.05) is 29.2 Å². The first kappa shape index (κ1) is 16.5. The first-order valence-electron chi connectivity index (χ1n) is 8.05. The monoisotopic (exact) mass is 328 g/mol. The molecule has 0 aromatic heterocycles. The van der Waals surface area contributed by atoms with Gasteiger partial charge in [-0.15, -0.1) is 0 Å². The molecule has 126 valence electrons. The number of amides is 1. The number of methoxy groups -OCH3 is 1. The summed E-state index contributed by atoms with van der Waals surface area (Å²) in [5.74, 6) is -0.185. The zero-order valence-electron chi connectivity index (χ0n) is 13.7. The molecule has 2 aromatic rings. The summed E-state index contributed by atoms with van der Waals surface area (Å²) < 4.78 is 18.1.